The van der Waals surface area contributed by atoms with Gasteiger partial charge in [0.2, 0.25) is 5.91 Å². The predicted octanol–water partition coefficient (Wildman–Crippen LogP) is 1.66. The number of hydrogen-bond acceptors (Lipinski definition) is 4. The fourth-order valence-corrected chi connectivity index (χ4v) is 2.58. The van der Waals surface area contributed by atoms with Crippen molar-refractivity contribution in [2.24, 2.45) is 0 Å². The topological polar surface area (TPSA) is 74.3 Å². The predicted molar refractivity (Wildman–Crippen MR) is 74.1 cm³/mol. The summed E-state index contributed by atoms with van der Waals surface area (Å²) in [5, 5.41) is 7.79. The van der Waals surface area contributed by atoms with Crippen molar-refractivity contribution < 1.29 is 9.59 Å². The maximum atomic E-state index is 11.9. The van der Waals surface area contributed by atoms with E-state index < -0.39 is 0 Å². The number of urea groups is 1. The minimum absolute atomic E-state index is 0.0760. The molecule has 7 heteroatoms. The average Bonchev–Trinajstić information content (AvgIpc) is 2.87. The summed E-state index contributed by atoms with van der Waals surface area (Å²) in [5.74, 6) is 0.0760. The Hall–Kier alpha value is -1.63. The number of carbonyl (C=O) groups is 2. The molecule has 1 aromatic heterocycles. The first kappa shape index (κ1) is 13.8. The molecule has 0 spiro atoms. The Morgan fingerprint density at radius 2 is 2.26 bits per heavy atom. The minimum atomic E-state index is -0.316. The van der Waals surface area contributed by atoms with Crippen molar-refractivity contribution >= 4 is 28.4 Å². The number of rotatable bonds is 2. The van der Waals surface area contributed by atoms with E-state index >= 15 is 0 Å². The molecule has 0 saturated carbocycles. The molecule has 1 aromatic rings. The highest BCUT2D eigenvalue weighted by Crippen LogP contribution is 2.22. The fraction of sp³-hybridized carbons (Fsp3) is 0.583. The maximum Gasteiger partial charge on any atom is 0.321 e. The summed E-state index contributed by atoms with van der Waals surface area (Å²) >= 11 is 1.35. The van der Waals surface area contributed by atoms with E-state index in [9.17, 15) is 9.59 Å². The van der Waals surface area contributed by atoms with Gasteiger partial charge in [0.25, 0.3) is 0 Å². The van der Waals surface area contributed by atoms with Gasteiger partial charge < -0.3 is 10.2 Å². The van der Waals surface area contributed by atoms with E-state index in [-0.39, 0.29) is 23.5 Å². The Morgan fingerprint density at radius 3 is 2.79 bits per heavy atom. The van der Waals surface area contributed by atoms with Crippen LogP contribution in [0.25, 0.3) is 0 Å². The molecule has 1 aliphatic rings. The first-order valence-electron chi connectivity index (χ1n) is 6.14. The SMILES string of the molecule is CC(C)(C)N1CC(NC(=O)Nc2nccs2)CC1=O. The van der Waals surface area contributed by atoms with E-state index in [4.69, 9.17) is 0 Å². The van der Waals surface area contributed by atoms with Gasteiger partial charge in [-0.25, -0.2) is 9.78 Å². The first-order valence-corrected chi connectivity index (χ1v) is 7.02. The van der Waals surface area contributed by atoms with Crippen LogP contribution in [0.2, 0.25) is 0 Å². The molecular weight excluding hydrogens is 264 g/mol. The maximum absolute atomic E-state index is 11.9. The van der Waals surface area contributed by atoms with Crippen LogP contribution in [-0.2, 0) is 4.79 Å². The van der Waals surface area contributed by atoms with E-state index in [1.54, 1.807) is 16.5 Å². The lowest BCUT2D eigenvalue weighted by Crippen LogP contribution is -2.45. The summed E-state index contributed by atoms with van der Waals surface area (Å²) < 4.78 is 0. The van der Waals surface area contributed by atoms with Gasteiger partial charge in [0, 0.05) is 30.1 Å². The number of carbonyl (C=O) groups excluding carboxylic acids is 2. The standard InChI is InChI=1S/C12H18N4O2S/c1-12(2,3)16-7-8(6-9(16)17)14-10(18)15-11-13-4-5-19-11/h4-5,8H,6-7H2,1-3H3,(H2,13,14,15,18). The Morgan fingerprint density at radius 1 is 1.53 bits per heavy atom. The molecular formula is C12H18N4O2S. The molecule has 104 valence electrons. The van der Waals surface area contributed by atoms with Crippen molar-refractivity contribution in [2.75, 3.05) is 11.9 Å². The lowest BCUT2D eigenvalue weighted by molar-refractivity contribution is -0.131. The van der Waals surface area contributed by atoms with Crippen LogP contribution in [0, 0.1) is 0 Å². The van der Waals surface area contributed by atoms with Gasteiger partial charge >= 0.3 is 6.03 Å². The molecule has 19 heavy (non-hydrogen) atoms. The second-order valence-corrected chi connectivity index (χ2v) is 6.41. The van der Waals surface area contributed by atoms with E-state index in [0.717, 1.165) is 0 Å². The number of amides is 3. The van der Waals surface area contributed by atoms with Gasteiger partial charge in [-0.1, -0.05) is 0 Å². The molecule has 0 bridgehead atoms. The number of thiazole rings is 1. The van der Waals surface area contributed by atoms with Gasteiger partial charge in [-0.2, -0.15) is 0 Å². The van der Waals surface area contributed by atoms with Crippen molar-refractivity contribution in [1.29, 1.82) is 0 Å². The Balaban J connectivity index is 1.88. The molecule has 6 nitrogen and oxygen atoms in total. The minimum Gasteiger partial charge on any atom is -0.336 e. The normalized spacial score (nSPS) is 19.6. The average molecular weight is 282 g/mol. The molecule has 1 unspecified atom stereocenters. The highest BCUT2D eigenvalue weighted by Gasteiger charge is 2.36. The van der Waals surface area contributed by atoms with Crippen LogP contribution in [0.1, 0.15) is 27.2 Å². The van der Waals surface area contributed by atoms with Gasteiger partial charge in [-0.05, 0) is 20.8 Å². The first-order chi connectivity index (χ1) is 8.86. The number of nitrogens with zero attached hydrogens (tertiary/aromatic N) is 2. The second kappa shape index (κ2) is 5.16. The summed E-state index contributed by atoms with van der Waals surface area (Å²) in [7, 11) is 0. The third-order valence-corrected chi connectivity index (χ3v) is 3.61. The zero-order valence-electron chi connectivity index (χ0n) is 11.3. The number of anilines is 1. The van der Waals surface area contributed by atoms with Crippen LogP contribution in [0.3, 0.4) is 0 Å². The highest BCUT2D eigenvalue weighted by atomic mass is 32.1. The summed E-state index contributed by atoms with van der Waals surface area (Å²) in [6.07, 6.45) is 1.98. The zero-order chi connectivity index (χ0) is 14.0. The van der Waals surface area contributed by atoms with E-state index in [1.807, 2.05) is 20.8 Å². The molecule has 1 aliphatic heterocycles. The lowest BCUT2D eigenvalue weighted by atomic mass is 10.1. The summed E-state index contributed by atoms with van der Waals surface area (Å²) in [4.78, 5) is 29.4. The summed E-state index contributed by atoms with van der Waals surface area (Å²) in [6, 6.07) is -0.463. The molecule has 2 heterocycles. The van der Waals surface area contributed by atoms with Crippen molar-refractivity contribution in [3.63, 3.8) is 0 Å². The van der Waals surface area contributed by atoms with Gasteiger partial charge in [0.15, 0.2) is 5.13 Å². The quantitative estimate of drug-likeness (QED) is 0.866. The monoisotopic (exact) mass is 282 g/mol. The third kappa shape index (κ3) is 3.44. The molecule has 0 radical (unpaired) electrons. The molecule has 0 aliphatic carbocycles. The molecule has 2 rings (SSSR count). The van der Waals surface area contributed by atoms with Crippen LogP contribution < -0.4 is 10.6 Å². The number of likely N-dealkylation sites (tertiary alicyclic amines) is 1. The Bertz CT molecular complexity index is 467. The Kier molecular flexibility index (Phi) is 3.75. The second-order valence-electron chi connectivity index (χ2n) is 5.51. The third-order valence-electron chi connectivity index (χ3n) is 2.92. The van der Waals surface area contributed by atoms with Gasteiger partial charge in [0.05, 0.1) is 6.04 Å². The number of nitrogens with one attached hydrogen (secondary N) is 2. The van der Waals surface area contributed by atoms with Crippen LogP contribution >= 0.6 is 11.3 Å². The van der Waals surface area contributed by atoms with Crippen molar-refractivity contribution in [2.45, 2.75) is 38.8 Å². The smallest absolute Gasteiger partial charge is 0.321 e. The van der Waals surface area contributed by atoms with Crippen LogP contribution in [-0.4, -0.2) is 39.9 Å². The van der Waals surface area contributed by atoms with Crippen LogP contribution in [0.4, 0.5) is 9.93 Å². The fourth-order valence-electron chi connectivity index (χ4n) is 2.06. The largest absolute Gasteiger partial charge is 0.336 e. The summed E-state index contributed by atoms with van der Waals surface area (Å²) in [6.45, 7) is 6.52. The van der Waals surface area contributed by atoms with Gasteiger partial charge in [-0.3, -0.25) is 10.1 Å². The van der Waals surface area contributed by atoms with Gasteiger partial charge in [0.1, 0.15) is 0 Å². The number of hydrogen-bond donors (Lipinski definition) is 2. The number of aromatic nitrogens is 1. The molecule has 1 atom stereocenters. The summed E-state index contributed by atoms with van der Waals surface area (Å²) in [5.41, 5.74) is -0.209. The van der Waals surface area contributed by atoms with Crippen LogP contribution in [0.5, 0.6) is 0 Å². The molecule has 1 fully saturated rings. The van der Waals surface area contributed by atoms with Crippen LogP contribution in [0.15, 0.2) is 11.6 Å². The van der Waals surface area contributed by atoms with Crippen molar-refractivity contribution in [1.82, 2.24) is 15.2 Å². The molecule has 1 saturated heterocycles. The van der Waals surface area contributed by atoms with Crippen molar-refractivity contribution in [3.05, 3.63) is 11.6 Å². The molecule has 2 N–H and O–H groups in total. The van der Waals surface area contributed by atoms with E-state index in [0.29, 0.717) is 18.1 Å². The lowest BCUT2D eigenvalue weighted by Gasteiger charge is -2.32. The zero-order valence-corrected chi connectivity index (χ0v) is 12.1. The van der Waals surface area contributed by atoms with Gasteiger partial charge in [-0.15, -0.1) is 11.3 Å². The highest BCUT2D eigenvalue weighted by molar-refractivity contribution is 7.13. The van der Waals surface area contributed by atoms with E-state index in [1.165, 1.54) is 11.3 Å². The molecule has 0 aromatic carbocycles. The molecule has 3 amide bonds. The van der Waals surface area contributed by atoms with Crippen molar-refractivity contribution in [3.8, 4) is 0 Å². The van der Waals surface area contributed by atoms with E-state index in [2.05, 4.69) is 15.6 Å². The Labute approximate surface area is 116 Å².